The van der Waals surface area contributed by atoms with Crippen LogP contribution in [0, 0.1) is 0 Å². The molecule has 0 spiro atoms. The first-order chi connectivity index (χ1) is 9.79. The van der Waals surface area contributed by atoms with Crippen molar-refractivity contribution in [1.82, 2.24) is 0 Å². The second-order valence-corrected chi connectivity index (χ2v) is 5.62. The summed E-state index contributed by atoms with van der Waals surface area (Å²) in [4.78, 5) is 0. The monoisotopic (exact) mass is 277 g/mol. The molecule has 0 aromatic heterocycles. The van der Waals surface area contributed by atoms with Crippen molar-refractivity contribution in [2.24, 2.45) is 5.73 Å². The number of rotatable bonds is 7. The van der Waals surface area contributed by atoms with Crippen LogP contribution in [0.2, 0.25) is 0 Å². The Kier molecular flexibility index (Phi) is 6.51. The number of benzene rings is 1. The second kappa shape index (κ2) is 8.40. The van der Waals surface area contributed by atoms with Crippen molar-refractivity contribution < 1.29 is 9.47 Å². The molecule has 1 aliphatic rings. The van der Waals surface area contributed by atoms with Crippen molar-refractivity contribution in [3.05, 3.63) is 35.4 Å². The Hall–Kier alpha value is -0.900. The Morgan fingerprint density at radius 3 is 2.75 bits per heavy atom. The summed E-state index contributed by atoms with van der Waals surface area (Å²) in [5, 5.41) is 0. The van der Waals surface area contributed by atoms with Crippen LogP contribution in [0.1, 0.15) is 49.8 Å². The van der Waals surface area contributed by atoms with Gasteiger partial charge in [-0.2, -0.15) is 0 Å². The summed E-state index contributed by atoms with van der Waals surface area (Å²) < 4.78 is 11.4. The Bertz CT molecular complexity index is 371. The lowest BCUT2D eigenvalue weighted by atomic mass is 10.0. The van der Waals surface area contributed by atoms with Gasteiger partial charge in [0.15, 0.2) is 0 Å². The summed E-state index contributed by atoms with van der Waals surface area (Å²) in [6.07, 6.45) is 6.11. The molecule has 1 heterocycles. The number of aryl methyl sites for hydroxylation is 1. The van der Waals surface area contributed by atoms with E-state index in [4.69, 9.17) is 15.2 Å². The first-order valence-electron chi connectivity index (χ1n) is 7.83. The third-order valence-electron chi connectivity index (χ3n) is 3.82. The van der Waals surface area contributed by atoms with Gasteiger partial charge in [0.25, 0.3) is 0 Å². The van der Waals surface area contributed by atoms with Crippen LogP contribution in [0.25, 0.3) is 0 Å². The fraction of sp³-hybridized carbons (Fsp3) is 0.647. The summed E-state index contributed by atoms with van der Waals surface area (Å²) >= 11 is 0. The zero-order chi connectivity index (χ0) is 14.2. The highest BCUT2D eigenvalue weighted by atomic mass is 16.5. The number of ether oxygens (including phenoxy) is 2. The molecular formula is C17H27NO2. The molecule has 2 unspecified atom stereocenters. The first-order valence-corrected chi connectivity index (χ1v) is 7.83. The van der Waals surface area contributed by atoms with Crippen LogP contribution < -0.4 is 5.73 Å². The topological polar surface area (TPSA) is 44.5 Å². The lowest BCUT2D eigenvalue weighted by molar-refractivity contribution is -0.0428. The molecule has 1 saturated heterocycles. The molecule has 2 rings (SSSR count). The molecule has 20 heavy (non-hydrogen) atoms. The van der Waals surface area contributed by atoms with Gasteiger partial charge in [-0.25, -0.2) is 0 Å². The van der Waals surface area contributed by atoms with Crippen LogP contribution in [-0.4, -0.2) is 25.9 Å². The molecule has 3 nitrogen and oxygen atoms in total. The molecule has 1 aromatic carbocycles. The number of hydrogen-bond acceptors (Lipinski definition) is 3. The molecule has 0 aliphatic carbocycles. The molecular weight excluding hydrogens is 250 g/mol. The van der Waals surface area contributed by atoms with Crippen molar-refractivity contribution >= 4 is 0 Å². The van der Waals surface area contributed by atoms with Crippen molar-refractivity contribution in [2.45, 2.75) is 51.2 Å². The van der Waals surface area contributed by atoms with Gasteiger partial charge < -0.3 is 15.2 Å². The maximum absolute atomic E-state index is 6.17. The standard InChI is InChI=1S/C17H27NO2/c1-2-5-14-7-9-15(10-8-14)17(18)13-19-12-16-6-3-4-11-20-16/h7-10,16-17H,2-6,11-13,18H2,1H3. The van der Waals surface area contributed by atoms with Gasteiger partial charge >= 0.3 is 0 Å². The predicted molar refractivity (Wildman–Crippen MR) is 81.8 cm³/mol. The van der Waals surface area contributed by atoms with Gasteiger partial charge in [0.2, 0.25) is 0 Å². The molecule has 112 valence electrons. The highest BCUT2D eigenvalue weighted by molar-refractivity contribution is 5.25. The third kappa shape index (κ3) is 4.89. The average molecular weight is 277 g/mol. The van der Waals surface area contributed by atoms with Crippen LogP contribution in [-0.2, 0) is 15.9 Å². The summed E-state index contributed by atoms with van der Waals surface area (Å²) in [5.41, 5.74) is 8.69. The molecule has 0 saturated carbocycles. The van der Waals surface area contributed by atoms with E-state index in [1.165, 1.54) is 24.8 Å². The van der Waals surface area contributed by atoms with E-state index < -0.39 is 0 Å². The molecule has 3 heteroatoms. The number of hydrogen-bond donors (Lipinski definition) is 1. The van der Waals surface area contributed by atoms with E-state index in [-0.39, 0.29) is 12.1 Å². The van der Waals surface area contributed by atoms with E-state index in [0.29, 0.717) is 13.2 Å². The summed E-state index contributed by atoms with van der Waals surface area (Å²) in [6.45, 7) is 4.30. The largest absolute Gasteiger partial charge is 0.377 e. The predicted octanol–water partition coefficient (Wildman–Crippen LogP) is 3.22. The molecule has 0 radical (unpaired) electrons. The third-order valence-corrected chi connectivity index (χ3v) is 3.82. The normalized spacial score (nSPS) is 20.8. The van der Waals surface area contributed by atoms with E-state index in [0.717, 1.165) is 25.0 Å². The van der Waals surface area contributed by atoms with E-state index in [2.05, 4.69) is 31.2 Å². The summed E-state index contributed by atoms with van der Waals surface area (Å²) in [5.74, 6) is 0. The molecule has 2 atom stereocenters. The van der Waals surface area contributed by atoms with E-state index in [1.54, 1.807) is 0 Å². The van der Waals surface area contributed by atoms with Gasteiger partial charge in [0.1, 0.15) is 0 Å². The SMILES string of the molecule is CCCc1ccc(C(N)COCC2CCCCO2)cc1. The van der Waals surface area contributed by atoms with E-state index >= 15 is 0 Å². The van der Waals surface area contributed by atoms with Crippen LogP contribution in [0.3, 0.4) is 0 Å². The highest BCUT2D eigenvalue weighted by Crippen LogP contribution is 2.15. The van der Waals surface area contributed by atoms with Gasteiger partial charge in [0, 0.05) is 6.61 Å². The minimum atomic E-state index is -0.0470. The quantitative estimate of drug-likeness (QED) is 0.832. The number of nitrogens with two attached hydrogens (primary N) is 1. The summed E-state index contributed by atoms with van der Waals surface area (Å²) in [7, 11) is 0. The van der Waals surface area contributed by atoms with E-state index in [1.807, 2.05) is 0 Å². The molecule has 2 N–H and O–H groups in total. The van der Waals surface area contributed by atoms with Gasteiger partial charge in [0.05, 0.1) is 25.4 Å². The maximum Gasteiger partial charge on any atom is 0.0808 e. The van der Waals surface area contributed by atoms with Crippen LogP contribution >= 0.6 is 0 Å². The molecule has 1 aliphatic heterocycles. The van der Waals surface area contributed by atoms with Gasteiger partial charge in [-0.1, -0.05) is 37.6 Å². The Labute approximate surface area is 122 Å². The minimum Gasteiger partial charge on any atom is -0.377 e. The zero-order valence-electron chi connectivity index (χ0n) is 12.5. The fourth-order valence-electron chi connectivity index (χ4n) is 2.58. The minimum absolute atomic E-state index is 0.0470. The lowest BCUT2D eigenvalue weighted by Gasteiger charge is -2.23. The van der Waals surface area contributed by atoms with Gasteiger partial charge in [-0.15, -0.1) is 0 Å². The average Bonchev–Trinajstić information content (AvgIpc) is 2.49. The molecule has 0 amide bonds. The first kappa shape index (κ1) is 15.5. The van der Waals surface area contributed by atoms with Crippen LogP contribution in [0.15, 0.2) is 24.3 Å². The van der Waals surface area contributed by atoms with Crippen molar-refractivity contribution in [2.75, 3.05) is 19.8 Å². The lowest BCUT2D eigenvalue weighted by Crippen LogP contribution is -2.26. The Morgan fingerprint density at radius 2 is 2.10 bits per heavy atom. The zero-order valence-corrected chi connectivity index (χ0v) is 12.5. The summed E-state index contributed by atoms with van der Waals surface area (Å²) in [6, 6.07) is 8.53. The fourth-order valence-corrected chi connectivity index (χ4v) is 2.58. The van der Waals surface area contributed by atoms with Crippen molar-refractivity contribution in [1.29, 1.82) is 0 Å². The molecule has 1 fully saturated rings. The van der Waals surface area contributed by atoms with Gasteiger partial charge in [-0.3, -0.25) is 0 Å². The Balaban J connectivity index is 1.71. The molecule has 0 bridgehead atoms. The highest BCUT2D eigenvalue weighted by Gasteiger charge is 2.14. The van der Waals surface area contributed by atoms with Crippen molar-refractivity contribution in [3.63, 3.8) is 0 Å². The Morgan fingerprint density at radius 1 is 1.30 bits per heavy atom. The van der Waals surface area contributed by atoms with E-state index in [9.17, 15) is 0 Å². The maximum atomic E-state index is 6.17. The van der Waals surface area contributed by atoms with Crippen LogP contribution in [0.4, 0.5) is 0 Å². The van der Waals surface area contributed by atoms with Crippen LogP contribution in [0.5, 0.6) is 0 Å². The van der Waals surface area contributed by atoms with Crippen molar-refractivity contribution in [3.8, 4) is 0 Å². The smallest absolute Gasteiger partial charge is 0.0808 e. The molecule has 1 aromatic rings. The second-order valence-electron chi connectivity index (χ2n) is 5.62. The van der Waals surface area contributed by atoms with Gasteiger partial charge in [-0.05, 0) is 36.8 Å².